The second-order valence-electron chi connectivity index (χ2n) is 6.42. The lowest BCUT2D eigenvalue weighted by Gasteiger charge is -2.33. The van der Waals surface area contributed by atoms with E-state index < -0.39 is 11.2 Å². The van der Waals surface area contributed by atoms with E-state index in [2.05, 4.69) is 6.58 Å². The molecule has 116 valence electrons. The van der Waals surface area contributed by atoms with E-state index in [1.54, 1.807) is 0 Å². The molecule has 0 saturated carbocycles. The highest BCUT2D eigenvalue weighted by molar-refractivity contribution is 4.99. The zero-order valence-electron chi connectivity index (χ0n) is 12.4. The Balaban J connectivity index is 1.67. The van der Waals surface area contributed by atoms with Gasteiger partial charge in [-0.05, 0) is 51.4 Å². The number of aliphatic hydroxyl groups is 2. The van der Waals surface area contributed by atoms with E-state index in [0.29, 0.717) is 26.4 Å². The van der Waals surface area contributed by atoms with Crippen LogP contribution in [0.3, 0.4) is 0 Å². The summed E-state index contributed by atoms with van der Waals surface area (Å²) in [4.78, 5) is 0. The van der Waals surface area contributed by atoms with Crippen LogP contribution < -0.4 is 0 Å². The smallest absolute Gasteiger partial charge is 0.0694 e. The molecule has 4 nitrogen and oxygen atoms in total. The molecule has 2 saturated heterocycles. The average Bonchev–Trinajstić information content (AvgIpc) is 2.45. The Morgan fingerprint density at radius 3 is 1.50 bits per heavy atom. The highest BCUT2D eigenvalue weighted by Gasteiger charge is 2.31. The molecule has 0 aromatic heterocycles. The number of hydrogen-bond donors (Lipinski definition) is 2. The van der Waals surface area contributed by atoms with Crippen LogP contribution in [-0.2, 0) is 9.47 Å². The van der Waals surface area contributed by atoms with Gasteiger partial charge in [-0.1, -0.05) is 12.2 Å². The minimum Gasteiger partial charge on any atom is -0.390 e. The van der Waals surface area contributed by atoms with Crippen molar-refractivity contribution in [1.82, 2.24) is 0 Å². The normalized spacial score (nSPS) is 25.3. The van der Waals surface area contributed by atoms with Crippen LogP contribution in [0.5, 0.6) is 0 Å². The molecule has 2 aliphatic heterocycles. The van der Waals surface area contributed by atoms with Gasteiger partial charge in [-0.25, -0.2) is 0 Å². The monoisotopic (exact) mass is 284 g/mol. The Bertz CT molecular complexity index is 284. The van der Waals surface area contributed by atoms with Crippen molar-refractivity contribution in [2.24, 2.45) is 0 Å². The largest absolute Gasteiger partial charge is 0.390 e. The molecule has 0 aromatic rings. The van der Waals surface area contributed by atoms with Crippen LogP contribution in [0.25, 0.3) is 0 Å². The van der Waals surface area contributed by atoms with E-state index >= 15 is 0 Å². The molecule has 0 aliphatic carbocycles. The summed E-state index contributed by atoms with van der Waals surface area (Å²) in [5, 5.41) is 20.8. The molecule has 0 spiro atoms. The molecule has 0 bridgehead atoms. The lowest BCUT2D eigenvalue weighted by molar-refractivity contribution is -0.0698. The average molecular weight is 284 g/mol. The second kappa shape index (κ2) is 7.03. The lowest BCUT2D eigenvalue weighted by atomic mass is 9.84. The van der Waals surface area contributed by atoms with Crippen molar-refractivity contribution >= 4 is 0 Å². The minimum atomic E-state index is -0.573. The summed E-state index contributed by atoms with van der Waals surface area (Å²) in [6.45, 7) is 6.72. The number of ether oxygens (including phenoxy) is 2. The van der Waals surface area contributed by atoms with E-state index in [1.165, 1.54) is 0 Å². The topological polar surface area (TPSA) is 58.9 Å². The first-order valence-electron chi connectivity index (χ1n) is 7.78. The molecule has 0 atom stereocenters. The van der Waals surface area contributed by atoms with Crippen LogP contribution in [0.4, 0.5) is 0 Å². The number of rotatable bonds is 6. The molecule has 0 aromatic carbocycles. The fourth-order valence-electron chi connectivity index (χ4n) is 2.95. The van der Waals surface area contributed by atoms with Crippen molar-refractivity contribution in [1.29, 1.82) is 0 Å². The summed E-state index contributed by atoms with van der Waals surface area (Å²) < 4.78 is 10.6. The van der Waals surface area contributed by atoms with Gasteiger partial charge in [-0.2, -0.15) is 0 Å². The Kier molecular flexibility index (Phi) is 5.61. The first-order chi connectivity index (χ1) is 9.52. The highest BCUT2D eigenvalue weighted by atomic mass is 16.5. The van der Waals surface area contributed by atoms with Crippen LogP contribution in [-0.4, -0.2) is 47.8 Å². The predicted octanol–water partition coefficient (Wildman–Crippen LogP) is 2.19. The molecule has 4 heteroatoms. The summed E-state index contributed by atoms with van der Waals surface area (Å²) in [5.74, 6) is 0. The van der Waals surface area contributed by atoms with Gasteiger partial charge in [0.15, 0.2) is 0 Å². The molecule has 2 aliphatic rings. The third-order valence-corrected chi connectivity index (χ3v) is 4.73. The summed E-state index contributed by atoms with van der Waals surface area (Å²) in [7, 11) is 0. The van der Waals surface area contributed by atoms with Crippen LogP contribution in [0, 0.1) is 0 Å². The predicted molar refractivity (Wildman–Crippen MR) is 77.6 cm³/mol. The maximum absolute atomic E-state index is 10.4. The van der Waals surface area contributed by atoms with Crippen molar-refractivity contribution < 1.29 is 19.7 Å². The van der Waals surface area contributed by atoms with Gasteiger partial charge >= 0.3 is 0 Å². The van der Waals surface area contributed by atoms with Crippen molar-refractivity contribution in [2.45, 2.75) is 62.6 Å². The second-order valence-corrected chi connectivity index (χ2v) is 6.42. The minimum absolute atomic E-state index is 0.573. The van der Waals surface area contributed by atoms with E-state index in [0.717, 1.165) is 56.9 Å². The molecule has 0 radical (unpaired) electrons. The van der Waals surface area contributed by atoms with E-state index in [9.17, 15) is 10.2 Å². The van der Waals surface area contributed by atoms with Gasteiger partial charge in [0.2, 0.25) is 0 Å². The SMILES string of the molecule is C=C(CCC1(O)CCOCC1)CCC1(O)CCOCC1. The van der Waals surface area contributed by atoms with Gasteiger partial charge in [0.25, 0.3) is 0 Å². The fraction of sp³-hybridized carbons (Fsp3) is 0.875. The highest BCUT2D eigenvalue weighted by Crippen LogP contribution is 2.31. The summed E-state index contributed by atoms with van der Waals surface area (Å²) in [5.41, 5.74) is -0.0158. The maximum atomic E-state index is 10.4. The van der Waals surface area contributed by atoms with Crippen molar-refractivity contribution in [2.75, 3.05) is 26.4 Å². The molecule has 20 heavy (non-hydrogen) atoms. The summed E-state index contributed by atoms with van der Waals surface area (Å²) in [6, 6.07) is 0. The third kappa shape index (κ3) is 4.85. The van der Waals surface area contributed by atoms with E-state index in [-0.39, 0.29) is 0 Å². The van der Waals surface area contributed by atoms with Gasteiger partial charge < -0.3 is 19.7 Å². The van der Waals surface area contributed by atoms with Gasteiger partial charge in [-0.3, -0.25) is 0 Å². The van der Waals surface area contributed by atoms with Gasteiger partial charge in [-0.15, -0.1) is 0 Å². The summed E-state index contributed by atoms with van der Waals surface area (Å²) >= 11 is 0. The van der Waals surface area contributed by atoms with Crippen molar-refractivity contribution in [3.05, 3.63) is 12.2 Å². The van der Waals surface area contributed by atoms with E-state index in [1.807, 2.05) is 0 Å². The van der Waals surface area contributed by atoms with Gasteiger partial charge in [0.1, 0.15) is 0 Å². The Morgan fingerprint density at radius 1 is 0.800 bits per heavy atom. The van der Waals surface area contributed by atoms with Gasteiger partial charge in [0.05, 0.1) is 11.2 Å². The molecule has 2 rings (SSSR count). The van der Waals surface area contributed by atoms with Crippen LogP contribution in [0.1, 0.15) is 51.4 Å². The van der Waals surface area contributed by atoms with Crippen molar-refractivity contribution in [3.8, 4) is 0 Å². The maximum Gasteiger partial charge on any atom is 0.0694 e. The zero-order chi connectivity index (χ0) is 14.5. The molecular formula is C16H28O4. The zero-order valence-corrected chi connectivity index (χ0v) is 12.4. The van der Waals surface area contributed by atoms with Crippen LogP contribution in [0.15, 0.2) is 12.2 Å². The Hall–Kier alpha value is -0.420. The number of hydrogen-bond acceptors (Lipinski definition) is 4. The first kappa shape index (κ1) is 16.0. The fourth-order valence-corrected chi connectivity index (χ4v) is 2.95. The first-order valence-corrected chi connectivity index (χ1v) is 7.78. The molecule has 0 amide bonds. The number of allylic oxidation sites excluding steroid dienone is 1. The Morgan fingerprint density at radius 2 is 1.15 bits per heavy atom. The van der Waals surface area contributed by atoms with Crippen molar-refractivity contribution in [3.63, 3.8) is 0 Å². The van der Waals surface area contributed by atoms with Gasteiger partial charge in [0, 0.05) is 26.4 Å². The molecular weight excluding hydrogens is 256 g/mol. The lowest BCUT2D eigenvalue weighted by Crippen LogP contribution is -2.36. The molecule has 2 fully saturated rings. The molecule has 0 unspecified atom stereocenters. The molecule has 2 heterocycles. The standard InChI is InChI=1S/C16H28O4/c1-14(2-4-15(17)6-10-19-11-7-15)3-5-16(18)8-12-20-13-9-16/h17-18H,1-13H2. The van der Waals surface area contributed by atoms with Crippen LogP contribution in [0.2, 0.25) is 0 Å². The Labute approximate surface area is 121 Å². The quantitative estimate of drug-likeness (QED) is 0.734. The summed E-state index contributed by atoms with van der Waals surface area (Å²) in [6.07, 6.45) is 6.09. The van der Waals surface area contributed by atoms with Crippen LogP contribution >= 0.6 is 0 Å². The van der Waals surface area contributed by atoms with E-state index in [4.69, 9.17) is 9.47 Å². The third-order valence-electron chi connectivity index (χ3n) is 4.73. The molecule has 2 N–H and O–H groups in total.